The van der Waals surface area contributed by atoms with Gasteiger partial charge in [-0.25, -0.2) is 0 Å². The van der Waals surface area contributed by atoms with E-state index in [0.29, 0.717) is 24.3 Å². The van der Waals surface area contributed by atoms with Crippen LogP contribution >= 0.6 is 0 Å². The third kappa shape index (κ3) is 4.03. The number of benzene rings is 2. The number of para-hydroxylation sites is 1. The average molecular weight is 401 g/mol. The molecule has 1 atom stereocenters. The second-order valence-corrected chi connectivity index (χ2v) is 7.50. The molecular weight excluding hydrogens is 378 g/mol. The summed E-state index contributed by atoms with van der Waals surface area (Å²) in [6.07, 6.45) is 4.02. The molecule has 1 aliphatic heterocycles. The van der Waals surface area contributed by atoms with Crippen LogP contribution in [0.4, 0.5) is 5.69 Å². The van der Waals surface area contributed by atoms with Crippen LogP contribution in [0.3, 0.4) is 0 Å². The van der Waals surface area contributed by atoms with Gasteiger partial charge in [0.25, 0.3) is 5.91 Å². The Hall–Kier alpha value is -3.67. The molecule has 0 fully saturated rings. The van der Waals surface area contributed by atoms with Gasteiger partial charge in [0.05, 0.1) is 17.2 Å². The van der Waals surface area contributed by atoms with Crippen LogP contribution in [-0.4, -0.2) is 42.4 Å². The van der Waals surface area contributed by atoms with Crippen LogP contribution in [0.2, 0.25) is 0 Å². The highest BCUT2D eigenvalue weighted by molar-refractivity contribution is 6.05. The summed E-state index contributed by atoms with van der Waals surface area (Å²) in [4.78, 5) is 31.3. The first-order chi connectivity index (χ1) is 14.5. The zero-order valence-corrected chi connectivity index (χ0v) is 17.0. The van der Waals surface area contributed by atoms with Gasteiger partial charge >= 0.3 is 0 Å². The van der Waals surface area contributed by atoms with Crippen LogP contribution in [0.25, 0.3) is 11.1 Å². The summed E-state index contributed by atoms with van der Waals surface area (Å²) in [7, 11) is 3.39. The van der Waals surface area contributed by atoms with E-state index in [1.165, 1.54) is 4.90 Å². The van der Waals surface area contributed by atoms with Crippen molar-refractivity contribution in [1.29, 1.82) is 0 Å². The topological polar surface area (TPSA) is 71.5 Å². The van der Waals surface area contributed by atoms with Crippen LogP contribution in [0, 0.1) is 5.92 Å². The van der Waals surface area contributed by atoms with Crippen LogP contribution in [0.1, 0.15) is 15.9 Å². The second kappa shape index (κ2) is 8.37. The van der Waals surface area contributed by atoms with E-state index in [-0.39, 0.29) is 17.7 Å². The third-order valence-corrected chi connectivity index (χ3v) is 5.18. The maximum Gasteiger partial charge on any atom is 0.255 e. The summed E-state index contributed by atoms with van der Waals surface area (Å²) >= 11 is 0. The molecular formula is C24H23N3O3. The quantitative estimate of drug-likeness (QED) is 0.725. The van der Waals surface area contributed by atoms with E-state index in [2.05, 4.69) is 10.3 Å². The molecule has 2 heterocycles. The van der Waals surface area contributed by atoms with Crippen molar-refractivity contribution in [2.75, 3.05) is 26.0 Å². The van der Waals surface area contributed by atoms with E-state index in [1.807, 2.05) is 42.5 Å². The number of pyridine rings is 1. The number of anilines is 1. The van der Waals surface area contributed by atoms with Gasteiger partial charge in [0, 0.05) is 26.5 Å². The molecule has 1 N–H and O–H groups in total. The lowest BCUT2D eigenvalue weighted by molar-refractivity contribution is -0.121. The second-order valence-electron chi connectivity index (χ2n) is 7.50. The zero-order valence-electron chi connectivity index (χ0n) is 17.0. The van der Waals surface area contributed by atoms with Gasteiger partial charge in [0.2, 0.25) is 5.91 Å². The number of carbonyl (C=O) groups excluding carboxylic acids is 2. The van der Waals surface area contributed by atoms with Gasteiger partial charge in [-0.05, 0) is 53.4 Å². The number of nitrogens with one attached hydrogen (secondary N) is 1. The summed E-state index contributed by atoms with van der Waals surface area (Å²) in [6.45, 7) is 0.314. The van der Waals surface area contributed by atoms with E-state index in [9.17, 15) is 9.59 Å². The van der Waals surface area contributed by atoms with Crippen LogP contribution in [-0.2, 0) is 11.2 Å². The number of carbonyl (C=O) groups is 2. The number of hydrogen-bond donors (Lipinski definition) is 1. The molecule has 0 aliphatic carbocycles. The smallest absolute Gasteiger partial charge is 0.255 e. The Morgan fingerprint density at radius 1 is 1.03 bits per heavy atom. The molecule has 0 spiro atoms. The Morgan fingerprint density at radius 2 is 1.80 bits per heavy atom. The predicted octanol–water partition coefficient (Wildman–Crippen LogP) is 3.64. The molecule has 6 heteroatoms. The molecule has 2 aromatic carbocycles. The van der Waals surface area contributed by atoms with Crippen molar-refractivity contribution in [2.24, 2.45) is 5.92 Å². The van der Waals surface area contributed by atoms with E-state index in [0.717, 1.165) is 22.4 Å². The summed E-state index contributed by atoms with van der Waals surface area (Å²) in [5.41, 5.74) is 3.79. The van der Waals surface area contributed by atoms with Crippen molar-refractivity contribution in [3.63, 3.8) is 0 Å². The van der Waals surface area contributed by atoms with Crippen molar-refractivity contribution in [1.82, 2.24) is 9.88 Å². The highest BCUT2D eigenvalue weighted by Gasteiger charge is 2.27. The number of amides is 2. The normalized spacial score (nSPS) is 14.9. The van der Waals surface area contributed by atoms with Gasteiger partial charge in [0.15, 0.2) is 0 Å². The van der Waals surface area contributed by atoms with Crippen molar-refractivity contribution in [2.45, 2.75) is 6.42 Å². The first-order valence-electron chi connectivity index (χ1n) is 9.80. The van der Waals surface area contributed by atoms with Crippen molar-refractivity contribution >= 4 is 17.5 Å². The molecule has 0 saturated heterocycles. The molecule has 1 aromatic heterocycles. The van der Waals surface area contributed by atoms with Crippen LogP contribution < -0.4 is 10.1 Å². The highest BCUT2D eigenvalue weighted by atomic mass is 16.5. The lowest BCUT2D eigenvalue weighted by Gasteiger charge is -2.25. The molecule has 0 bridgehead atoms. The molecule has 30 heavy (non-hydrogen) atoms. The van der Waals surface area contributed by atoms with Crippen molar-refractivity contribution in [3.8, 4) is 16.9 Å². The molecule has 0 saturated carbocycles. The van der Waals surface area contributed by atoms with E-state index < -0.39 is 0 Å². The zero-order chi connectivity index (χ0) is 21.1. The van der Waals surface area contributed by atoms with Gasteiger partial charge in [-0.1, -0.05) is 24.3 Å². The SMILES string of the molecule is CN(C)C(=O)c1cc(-c2ccncc2)ccc1NC(=O)C1COc2ccccc2C1. The lowest BCUT2D eigenvalue weighted by Crippen LogP contribution is -2.33. The molecule has 4 rings (SSSR count). The summed E-state index contributed by atoms with van der Waals surface area (Å²) < 4.78 is 5.75. The van der Waals surface area contributed by atoms with E-state index >= 15 is 0 Å². The minimum atomic E-state index is -0.318. The number of rotatable bonds is 4. The summed E-state index contributed by atoms with van der Waals surface area (Å²) in [5.74, 6) is 0.175. The number of fused-ring (bicyclic) bond motifs is 1. The Bertz CT molecular complexity index is 1080. The number of ether oxygens (including phenoxy) is 1. The minimum Gasteiger partial charge on any atom is -0.492 e. The highest BCUT2D eigenvalue weighted by Crippen LogP contribution is 2.29. The van der Waals surface area contributed by atoms with Crippen LogP contribution in [0.5, 0.6) is 5.75 Å². The fourth-order valence-corrected chi connectivity index (χ4v) is 3.53. The Morgan fingerprint density at radius 3 is 2.57 bits per heavy atom. The predicted molar refractivity (Wildman–Crippen MR) is 115 cm³/mol. The molecule has 6 nitrogen and oxygen atoms in total. The maximum atomic E-state index is 13.0. The lowest BCUT2D eigenvalue weighted by atomic mass is 9.95. The van der Waals surface area contributed by atoms with Gasteiger partial charge < -0.3 is 15.0 Å². The fourth-order valence-electron chi connectivity index (χ4n) is 3.53. The Labute approximate surface area is 175 Å². The Kier molecular flexibility index (Phi) is 5.48. The number of aromatic nitrogens is 1. The summed E-state index contributed by atoms with van der Waals surface area (Å²) in [6, 6.07) is 17.0. The summed E-state index contributed by atoms with van der Waals surface area (Å²) in [5, 5.41) is 2.95. The third-order valence-electron chi connectivity index (χ3n) is 5.18. The molecule has 152 valence electrons. The van der Waals surface area contributed by atoms with E-state index in [1.54, 1.807) is 38.6 Å². The number of hydrogen-bond acceptors (Lipinski definition) is 4. The van der Waals surface area contributed by atoms with Gasteiger partial charge in [-0.2, -0.15) is 0 Å². The standard InChI is InChI=1S/C24H23N3O3/c1-27(2)24(29)20-14-17(16-9-11-25-12-10-16)7-8-21(20)26-23(28)19-13-18-5-3-4-6-22(18)30-15-19/h3-12,14,19H,13,15H2,1-2H3,(H,26,28). The number of nitrogens with zero attached hydrogens (tertiary/aromatic N) is 2. The maximum absolute atomic E-state index is 13.0. The van der Waals surface area contributed by atoms with E-state index in [4.69, 9.17) is 4.74 Å². The molecule has 2 amide bonds. The first-order valence-corrected chi connectivity index (χ1v) is 9.80. The molecule has 1 aliphatic rings. The molecule has 0 radical (unpaired) electrons. The monoisotopic (exact) mass is 401 g/mol. The minimum absolute atomic E-state index is 0.158. The Balaban J connectivity index is 1.60. The first kappa shape index (κ1) is 19.6. The van der Waals surface area contributed by atoms with Crippen LogP contribution in [0.15, 0.2) is 67.0 Å². The van der Waals surface area contributed by atoms with Crippen molar-refractivity contribution < 1.29 is 14.3 Å². The molecule has 1 unspecified atom stereocenters. The van der Waals surface area contributed by atoms with Crippen molar-refractivity contribution in [3.05, 3.63) is 78.1 Å². The van der Waals surface area contributed by atoms with Gasteiger partial charge in [0.1, 0.15) is 12.4 Å². The van der Waals surface area contributed by atoms with Gasteiger partial charge in [-0.15, -0.1) is 0 Å². The fraction of sp³-hybridized carbons (Fsp3) is 0.208. The average Bonchev–Trinajstić information content (AvgIpc) is 2.79. The largest absolute Gasteiger partial charge is 0.492 e. The molecule has 3 aromatic rings. The van der Waals surface area contributed by atoms with Gasteiger partial charge in [-0.3, -0.25) is 14.6 Å².